The van der Waals surface area contributed by atoms with Gasteiger partial charge in [-0.25, -0.2) is 9.78 Å². The number of benzene rings is 2. The number of alkyl halides is 3. The van der Waals surface area contributed by atoms with Gasteiger partial charge < -0.3 is 35.6 Å². The molecular weight excluding hydrogens is 529 g/mol. The average Bonchev–Trinajstić information content (AvgIpc) is 2.84. The molecule has 3 rings (SSSR count). The summed E-state index contributed by atoms with van der Waals surface area (Å²) in [4.78, 5) is 29.7. The lowest BCUT2D eigenvalue weighted by Gasteiger charge is -2.16. The molecule has 3 aromatic rings. The van der Waals surface area contributed by atoms with Crippen molar-refractivity contribution < 1.29 is 42.9 Å². The first-order chi connectivity index (χ1) is 18.3. The molecule has 0 spiro atoms. The maximum absolute atomic E-state index is 11.3. The van der Waals surface area contributed by atoms with Crippen LogP contribution in [-0.2, 0) is 4.79 Å². The molecule has 0 saturated carbocycles. The number of aliphatic hydroxyl groups excluding tert-OH is 1. The lowest BCUT2D eigenvalue weighted by molar-refractivity contribution is -0.384. The summed E-state index contributed by atoms with van der Waals surface area (Å²) in [6, 6.07) is 13.2. The summed E-state index contributed by atoms with van der Waals surface area (Å²) < 4.78 is 37.3. The van der Waals surface area contributed by atoms with Crippen LogP contribution >= 0.6 is 0 Å². The molecule has 0 radical (unpaired) electrons. The Hall–Kier alpha value is -4.70. The third-order valence-corrected chi connectivity index (χ3v) is 4.49. The van der Waals surface area contributed by atoms with Crippen LogP contribution in [-0.4, -0.2) is 80.6 Å². The second-order valence-electron chi connectivity index (χ2n) is 8.01. The number of anilines is 4. The van der Waals surface area contributed by atoms with E-state index in [4.69, 9.17) is 14.6 Å². The number of rotatable bonds is 10. The van der Waals surface area contributed by atoms with Crippen LogP contribution in [0.4, 0.5) is 42.0 Å². The number of phenolic OH excluding ortho intramolecular Hbond substituents is 1. The molecule has 0 aliphatic heterocycles. The minimum absolute atomic E-state index is 0.0659. The van der Waals surface area contributed by atoms with Gasteiger partial charge in [-0.3, -0.25) is 10.1 Å². The standard InChI is InChI=1S/C21H24N6O5.C2HF3O2/c1-26(2)12-15(28)13-32-16-9-7-14(8-10-16)23-21-22-11-18(27(30)31)20(25-21)24-17-5-3-4-6-19(17)29;3-2(4,5)1(6)7/h3-11,15,28-29H,12-13H2,1-2H3,(H2,22,23,24,25);(H,6,7). The van der Waals surface area contributed by atoms with Crippen LogP contribution in [0.25, 0.3) is 0 Å². The van der Waals surface area contributed by atoms with E-state index in [-0.39, 0.29) is 35.5 Å². The van der Waals surface area contributed by atoms with Gasteiger partial charge in [0.2, 0.25) is 11.8 Å². The number of hydrogen-bond acceptors (Lipinski definition) is 11. The zero-order valence-corrected chi connectivity index (χ0v) is 20.6. The molecule has 16 heteroatoms. The van der Waals surface area contributed by atoms with E-state index in [1.54, 1.807) is 42.5 Å². The fourth-order valence-electron chi connectivity index (χ4n) is 2.80. The van der Waals surface area contributed by atoms with Crippen molar-refractivity contribution in [1.29, 1.82) is 0 Å². The zero-order valence-electron chi connectivity index (χ0n) is 20.6. The Bertz CT molecular complexity index is 1260. The highest BCUT2D eigenvalue weighted by atomic mass is 19.4. The maximum Gasteiger partial charge on any atom is 0.490 e. The summed E-state index contributed by atoms with van der Waals surface area (Å²) in [5.74, 6) is -2.18. The molecule has 1 unspecified atom stereocenters. The number of para-hydroxylation sites is 2. The van der Waals surface area contributed by atoms with E-state index in [1.807, 2.05) is 19.0 Å². The van der Waals surface area contributed by atoms with Gasteiger partial charge in [-0.05, 0) is 50.5 Å². The van der Waals surface area contributed by atoms with Crippen LogP contribution in [0.5, 0.6) is 11.5 Å². The summed E-state index contributed by atoms with van der Waals surface area (Å²) in [7, 11) is 3.74. The van der Waals surface area contributed by atoms with Crippen LogP contribution in [0, 0.1) is 10.1 Å². The fraction of sp³-hybridized carbons (Fsp3) is 0.261. The van der Waals surface area contributed by atoms with Crippen LogP contribution < -0.4 is 15.4 Å². The Kier molecular flexibility index (Phi) is 10.7. The number of halogens is 3. The summed E-state index contributed by atoms with van der Waals surface area (Å²) in [5.41, 5.74) is 0.575. The number of aromatic nitrogens is 2. The Balaban J connectivity index is 0.000000673. The lowest BCUT2D eigenvalue weighted by atomic mass is 10.3. The number of aliphatic carboxylic acids is 1. The molecule has 0 fully saturated rings. The second-order valence-corrected chi connectivity index (χ2v) is 8.01. The molecule has 5 N–H and O–H groups in total. The van der Waals surface area contributed by atoms with Crippen molar-refractivity contribution in [1.82, 2.24) is 14.9 Å². The number of aliphatic hydroxyl groups is 1. The normalized spacial score (nSPS) is 11.7. The molecule has 2 aromatic carbocycles. The van der Waals surface area contributed by atoms with Crippen molar-refractivity contribution in [3.8, 4) is 11.5 Å². The molecular formula is C23H25F3N6O7. The maximum atomic E-state index is 11.3. The monoisotopic (exact) mass is 554 g/mol. The van der Waals surface area contributed by atoms with Crippen molar-refractivity contribution in [3.05, 3.63) is 64.8 Å². The Morgan fingerprint density at radius 1 is 1.15 bits per heavy atom. The molecule has 39 heavy (non-hydrogen) atoms. The fourth-order valence-corrected chi connectivity index (χ4v) is 2.80. The number of ether oxygens (including phenoxy) is 1. The Labute approximate surface area is 219 Å². The summed E-state index contributed by atoms with van der Waals surface area (Å²) in [6.07, 6.45) is -4.60. The van der Waals surface area contributed by atoms with Gasteiger partial charge >= 0.3 is 17.8 Å². The average molecular weight is 554 g/mol. The first kappa shape index (κ1) is 30.5. The molecule has 0 bridgehead atoms. The smallest absolute Gasteiger partial charge is 0.490 e. The van der Waals surface area contributed by atoms with Gasteiger partial charge in [0.05, 0.1) is 10.6 Å². The summed E-state index contributed by atoms with van der Waals surface area (Å²) in [5, 5.41) is 44.0. The summed E-state index contributed by atoms with van der Waals surface area (Å²) in [6.45, 7) is 0.659. The Morgan fingerprint density at radius 2 is 1.77 bits per heavy atom. The van der Waals surface area contributed by atoms with Crippen molar-refractivity contribution in [2.24, 2.45) is 0 Å². The number of nitro groups is 1. The van der Waals surface area contributed by atoms with Gasteiger partial charge in [-0.1, -0.05) is 12.1 Å². The lowest BCUT2D eigenvalue weighted by Crippen LogP contribution is -2.30. The van der Waals surface area contributed by atoms with E-state index in [0.29, 0.717) is 18.0 Å². The largest absolute Gasteiger partial charge is 0.506 e. The van der Waals surface area contributed by atoms with Crippen molar-refractivity contribution >= 4 is 34.8 Å². The number of likely N-dealkylation sites (N-methyl/N-ethyl adjacent to an activating group) is 1. The van der Waals surface area contributed by atoms with Crippen LogP contribution in [0.3, 0.4) is 0 Å². The number of hydrogen-bond donors (Lipinski definition) is 5. The van der Waals surface area contributed by atoms with Crippen molar-refractivity contribution in [2.45, 2.75) is 12.3 Å². The van der Waals surface area contributed by atoms with Crippen molar-refractivity contribution in [3.63, 3.8) is 0 Å². The third-order valence-electron chi connectivity index (χ3n) is 4.49. The number of carbonyl (C=O) groups is 1. The van der Waals surface area contributed by atoms with Crippen LogP contribution in [0.15, 0.2) is 54.7 Å². The minimum atomic E-state index is -5.08. The molecule has 210 valence electrons. The molecule has 1 atom stereocenters. The highest BCUT2D eigenvalue weighted by Gasteiger charge is 2.38. The number of nitrogens with one attached hydrogen (secondary N) is 2. The third kappa shape index (κ3) is 10.3. The number of carboxylic acids is 1. The second kappa shape index (κ2) is 13.7. The van der Waals surface area contributed by atoms with E-state index >= 15 is 0 Å². The molecule has 0 aliphatic rings. The van der Waals surface area contributed by atoms with Gasteiger partial charge in [-0.15, -0.1) is 0 Å². The number of phenols is 1. The zero-order chi connectivity index (χ0) is 29.2. The number of carboxylic acid groups (broad SMARTS) is 1. The number of nitrogens with zero attached hydrogens (tertiary/aromatic N) is 4. The van der Waals surface area contributed by atoms with Gasteiger partial charge in [0.1, 0.15) is 30.4 Å². The van der Waals surface area contributed by atoms with Crippen LogP contribution in [0.1, 0.15) is 0 Å². The predicted octanol–water partition coefficient (Wildman–Crippen LogP) is 3.51. The quantitative estimate of drug-likeness (QED) is 0.140. The molecule has 1 heterocycles. The minimum Gasteiger partial charge on any atom is -0.506 e. The molecule has 0 aliphatic carbocycles. The molecule has 0 saturated heterocycles. The van der Waals surface area contributed by atoms with Crippen molar-refractivity contribution in [2.75, 3.05) is 37.9 Å². The van der Waals surface area contributed by atoms with E-state index in [1.165, 1.54) is 6.07 Å². The molecule has 1 aromatic heterocycles. The predicted molar refractivity (Wildman–Crippen MR) is 134 cm³/mol. The van der Waals surface area contributed by atoms with Gasteiger partial charge in [0.25, 0.3) is 0 Å². The van der Waals surface area contributed by atoms with Gasteiger partial charge in [-0.2, -0.15) is 18.2 Å². The molecule has 13 nitrogen and oxygen atoms in total. The summed E-state index contributed by atoms with van der Waals surface area (Å²) >= 11 is 0. The van der Waals surface area contributed by atoms with E-state index in [2.05, 4.69) is 20.6 Å². The van der Waals surface area contributed by atoms with E-state index in [9.17, 15) is 33.5 Å². The first-order valence-corrected chi connectivity index (χ1v) is 11.0. The van der Waals surface area contributed by atoms with E-state index < -0.39 is 23.2 Å². The van der Waals surface area contributed by atoms with Gasteiger partial charge in [0.15, 0.2) is 0 Å². The SMILES string of the molecule is CN(C)CC(O)COc1ccc(Nc2ncc([N+](=O)[O-])c(Nc3ccccc3O)n2)cc1.O=C(O)C(F)(F)F. The highest BCUT2D eigenvalue weighted by molar-refractivity contribution is 5.73. The first-order valence-electron chi connectivity index (χ1n) is 11.0. The Morgan fingerprint density at radius 3 is 2.31 bits per heavy atom. The topological polar surface area (TPSA) is 183 Å². The molecule has 0 amide bonds. The van der Waals surface area contributed by atoms with Crippen LogP contribution in [0.2, 0.25) is 0 Å². The highest BCUT2D eigenvalue weighted by Crippen LogP contribution is 2.31. The van der Waals surface area contributed by atoms with E-state index in [0.717, 1.165) is 6.20 Å². The van der Waals surface area contributed by atoms with Gasteiger partial charge in [0, 0.05) is 12.2 Å². The number of aromatic hydroxyl groups is 1.